The van der Waals surface area contributed by atoms with E-state index in [0.717, 1.165) is 27.6 Å². The summed E-state index contributed by atoms with van der Waals surface area (Å²) in [5, 5.41) is 0.584. The van der Waals surface area contributed by atoms with Gasteiger partial charge in [-0.3, -0.25) is 0 Å². The van der Waals surface area contributed by atoms with Gasteiger partial charge in [-0.2, -0.15) is 0 Å². The number of thiazole rings is 1. The Bertz CT molecular complexity index is 608. The molecule has 0 spiro atoms. The fraction of sp³-hybridized carbons (Fsp3) is 0.438. The fourth-order valence-electron chi connectivity index (χ4n) is 1.98. The highest BCUT2D eigenvalue weighted by atomic mass is 32.1. The monoisotopic (exact) mass is 306 g/mol. The van der Waals surface area contributed by atoms with Crippen LogP contribution in [0.4, 0.5) is 5.13 Å². The average molecular weight is 306 g/mol. The smallest absolute Gasteiger partial charge is 0.180 e. The fourth-order valence-corrected chi connectivity index (χ4v) is 2.81. The van der Waals surface area contributed by atoms with Gasteiger partial charge >= 0.3 is 0 Å². The molecule has 0 fully saturated rings. The molecule has 0 saturated carbocycles. The summed E-state index contributed by atoms with van der Waals surface area (Å²) in [7, 11) is 0. The Hall–Kier alpha value is -1.75. The minimum absolute atomic E-state index is 0.475. The van der Waals surface area contributed by atoms with E-state index >= 15 is 0 Å². The number of nitrogens with two attached hydrogens (primary N) is 1. The van der Waals surface area contributed by atoms with Crippen LogP contribution in [0.1, 0.15) is 26.5 Å². The third-order valence-corrected chi connectivity index (χ3v) is 3.93. The Morgan fingerprint density at radius 2 is 2.00 bits per heavy atom. The molecule has 1 aromatic heterocycles. The number of aryl methyl sites for hydroxylation is 1. The van der Waals surface area contributed by atoms with E-state index in [4.69, 9.17) is 15.2 Å². The zero-order valence-electron chi connectivity index (χ0n) is 13.0. The van der Waals surface area contributed by atoms with E-state index in [-0.39, 0.29) is 0 Å². The summed E-state index contributed by atoms with van der Waals surface area (Å²) in [6.45, 7) is 9.45. The summed E-state index contributed by atoms with van der Waals surface area (Å²) < 4.78 is 11.5. The van der Waals surface area contributed by atoms with Gasteiger partial charge in [0.05, 0.1) is 23.8 Å². The van der Waals surface area contributed by atoms with Crippen LogP contribution in [0.25, 0.3) is 10.4 Å². The second kappa shape index (κ2) is 6.80. The summed E-state index contributed by atoms with van der Waals surface area (Å²) in [5.41, 5.74) is 7.77. The van der Waals surface area contributed by atoms with Crippen molar-refractivity contribution < 1.29 is 9.47 Å². The number of hydrogen-bond acceptors (Lipinski definition) is 5. The third-order valence-electron chi connectivity index (χ3n) is 2.89. The van der Waals surface area contributed by atoms with Crippen LogP contribution in [0, 0.1) is 12.8 Å². The highest BCUT2D eigenvalue weighted by molar-refractivity contribution is 7.18. The van der Waals surface area contributed by atoms with E-state index < -0.39 is 0 Å². The third kappa shape index (κ3) is 3.88. The van der Waals surface area contributed by atoms with Gasteiger partial charge < -0.3 is 15.2 Å². The predicted molar refractivity (Wildman–Crippen MR) is 88.2 cm³/mol. The van der Waals surface area contributed by atoms with Crippen molar-refractivity contribution >= 4 is 16.5 Å². The molecule has 1 heterocycles. The molecule has 21 heavy (non-hydrogen) atoms. The van der Waals surface area contributed by atoms with Gasteiger partial charge in [-0.25, -0.2) is 4.98 Å². The first-order valence-corrected chi connectivity index (χ1v) is 7.95. The Balaban J connectivity index is 2.33. The molecular weight excluding hydrogens is 284 g/mol. The quantitative estimate of drug-likeness (QED) is 0.871. The van der Waals surface area contributed by atoms with Crippen LogP contribution >= 0.6 is 11.3 Å². The van der Waals surface area contributed by atoms with Gasteiger partial charge in [-0.1, -0.05) is 25.2 Å². The van der Waals surface area contributed by atoms with Gasteiger partial charge in [0, 0.05) is 0 Å². The van der Waals surface area contributed by atoms with E-state index in [9.17, 15) is 0 Å². The first-order chi connectivity index (χ1) is 10.0. The molecular formula is C16H22N2O2S. The highest BCUT2D eigenvalue weighted by Gasteiger charge is 2.12. The van der Waals surface area contributed by atoms with Crippen molar-refractivity contribution in [3.05, 3.63) is 23.9 Å². The largest absolute Gasteiger partial charge is 0.490 e. The van der Waals surface area contributed by atoms with Crippen molar-refractivity contribution in [1.82, 2.24) is 4.98 Å². The van der Waals surface area contributed by atoms with Gasteiger partial charge in [0.15, 0.2) is 16.6 Å². The van der Waals surface area contributed by atoms with Crippen LogP contribution in [0.5, 0.6) is 11.5 Å². The lowest BCUT2D eigenvalue weighted by molar-refractivity contribution is 0.248. The van der Waals surface area contributed by atoms with E-state index in [2.05, 4.69) is 18.8 Å². The van der Waals surface area contributed by atoms with Crippen LogP contribution in [0.15, 0.2) is 18.2 Å². The summed E-state index contributed by atoms with van der Waals surface area (Å²) in [5.74, 6) is 2.02. The second-order valence-corrected chi connectivity index (χ2v) is 6.30. The predicted octanol–water partition coefficient (Wildman–Crippen LogP) is 4.13. The molecule has 0 aliphatic carbocycles. The standard InChI is InChI=1S/C16H22N2O2S/c1-5-19-14-8-12(15-11(4)18-16(17)21-15)6-7-13(14)20-9-10(2)3/h6-8,10H,5,9H2,1-4H3,(H2,17,18). The number of aromatic nitrogens is 1. The van der Waals surface area contributed by atoms with Crippen molar-refractivity contribution in [1.29, 1.82) is 0 Å². The molecule has 0 amide bonds. The van der Waals surface area contributed by atoms with Gasteiger partial charge in [-0.05, 0) is 43.5 Å². The zero-order chi connectivity index (χ0) is 15.4. The number of nitrogens with zero attached hydrogens (tertiary/aromatic N) is 1. The molecule has 0 unspecified atom stereocenters. The lowest BCUT2D eigenvalue weighted by atomic mass is 10.1. The zero-order valence-corrected chi connectivity index (χ0v) is 13.8. The Morgan fingerprint density at radius 1 is 1.24 bits per heavy atom. The molecule has 0 atom stereocenters. The molecule has 0 radical (unpaired) electrons. The lowest BCUT2D eigenvalue weighted by Gasteiger charge is -2.14. The first kappa shape index (κ1) is 15.6. The highest BCUT2D eigenvalue weighted by Crippen LogP contribution is 2.37. The van der Waals surface area contributed by atoms with Crippen molar-refractivity contribution in [2.45, 2.75) is 27.7 Å². The van der Waals surface area contributed by atoms with Crippen LogP contribution in [-0.2, 0) is 0 Å². The van der Waals surface area contributed by atoms with E-state index in [0.29, 0.717) is 24.3 Å². The van der Waals surface area contributed by atoms with Gasteiger partial charge in [0.2, 0.25) is 0 Å². The number of hydrogen-bond donors (Lipinski definition) is 1. The van der Waals surface area contributed by atoms with E-state index in [1.165, 1.54) is 11.3 Å². The molecule has 0 aliphatic rings. The summed E-state index contributed by atoms with van der Waals surface area (Å²) >= 11 is 1.49. The number of ether oxygens (including phenoxy) is 2. The van der Waals surface area contributed by atoms with E-state index in [1.807, 2.05) is 32.0 Å². The lowest BCUT2D eigenvalue weighted by Crippen LogP contribution is -2.06. The topological polar surface area (TPSA) is 57.4 Å². The summed E-state index contributed by atoms with van der Waals surface area (Å²) in [6, 6.07) is 5.98. The maximum absolute atomic E-state index is 5.82. The maximum atomic E-state index is 5.82. The number of anilines is 1. The minimum Gasteiger partial charge on any atom is -0.490 e. The summed E-state index contributed by atoms with van der Waals surface area (Å²) in [6.07, 6.45) is 0. The SMILES string of the molecule is CCOc1cc(-c2sc(N)nc2C)ccc1OCC(C)C. The molecule has 2 aromatic rings. The van der Waals surface area contributed by atoms with Crippen molar-refractivity contribution in [3.8, 4) is 21.9 Å². The van der Waals surface area contributed by atoms with E-state index in [1.54, 1.807) is 0 Å². The van der Waals surface area contributed by atoms with Crippen molar-refractivity contribution in [2.75, 3.05) is 18.9 Å². The molecule has 0 aliphatic heterocycles. The molecule has 0 bridgehead atoms. The van der Waals surface area contributed by atoms with Gasteiger partial charge in [-0.15, -0.1) is 0 Å². The van der Waals surface area contributed by atoms with Crippen LogP contribution in [0.3, 0.4) is 0 Å². The molecule has 0 saturated heterocycles. The average Bonchev–Trinajstić information content (AvgIpc) is 2.76. The van der Waals surface area contributed by atoms with Crippen LogP contribution < -0.4 is 15.2 Å². The first-order valence-electron chi connectivity index (χ1n) is 7.14. The van der Waals surface area contributed by atoms with Gasteiger partial charge in [0.25, 0.3) is 0 Å². The number of benzene rings is 1. The maximum Gasteiger partial charge on any atom is 0.180 e. The number of rotatable bonds is 6. The molecule has 5 heteroatoms. The van der Waals surface area contributed by atoms with Gasteiger partial charge in [0.1, 0.15) is 0 Å². The Kier molecular flexibility index (Phi) is 5.07. The number of nitrogen functional groups attached to an aromatic ring is 1. The Morgan fingerprint density at radius 3 is 2.57 bits per heavy atom. The van der Waals surface area contributed by atoms with Crippen LogP contribution in [0.2, 0.25) is 0 Å². The van der Waals surface area contributed by atoms with Crippen molar-refractivity contribution in [3.63, 3.8) is 0 Å². The molecule has 1 aromatic carbocycles. The molecule has 2 N–H and O–H groups in total. The summed E-state index contributed by atoms with van der Waals surface area (Å²) in [4.78, 5) is 5.34. The minimum atomic E-state index is 0.475. The molecule has 114 valence electrons. The normalized spacial score (nSPS) is 10.9. The molecule has 2 rings (SSSR count). The second-order valence-electron chi connectivity index (χ2n) is 5.27. The van der Waals surface area contributed by atoms with Crippen molar-refractivity contribution in [2.24, 2.45) is 5.92 Å². The molecule has 4 nitrogen and oxygen atoms in total. The van der Waals surface area contributed by atoms with Crippen LogP contribution in [-0.4, -0.2) is 18.2 Å². The Labute approximate surface area is 129 Å².